The van der Waals surface area contributed by atoms with Crippen LogP contribution in [0.2, 0.25) is 0 Å². The standard InChI is InChI=1S/C12H13N5O2S/c1-8-10(6-15-17-8)7-16-20(18,19)12-3-2-11(14)4-9(12)5-13/h2-4,6,16H,7,14H2,1H3,(H,15,17). The SMILES string of the molecule is Cc1[nH]ncc1CNS(=O)(=O)c1ccc(N)cc1C#N. The molecule has 0 radical (unpaired) electrons. The number of aromatic nitrogens is 2. The van der Waals surface area contributed by atoms with E-state index in [1.54, 1.807) is 13.1 Å². The fourth-order valence-electron chi connectivity index (χ4n) is 1.67. The highest BCUT2D eigenvalue weighted by Crippen LogP contribution is 2.18. The third kappa shape index (κ3) is 2.79. The summed E-state index contributed by atoms with van der Waals surface area (Å²) in [5.74, 6) is 0. The number of nitrogen functional groups attached to an aromatic ring is 1. The molecular weight excluding hydrogens is 278 g/mol. The second-order valence-electron chi connectivity index (χ2n) is 4.21. The molecule has 1 aromatic carbocycles. The van der Waals surface area contributed by atoms with Crippen molar-refractivity contribution in [1.82, 2.24) is 14.9 Å². The van der Waals surface area contributed by atoms with Crippen LogP contribution in [0.1, 0.15) is 16.8 Å². The van der Waals surface area contributed by atoms with E-state index < -0.39 is 10.0 Å². The van der Waals surface area contributed by atoms with Crippen molar-refractivity contribution in [3.8, 4) is 6.07 Å². The number of nitrogens with one attached hydrogen (secondary N) is 2. The Morgan fingerprint density at radius 2 is 2.25 bits per heavy atom. The van der Waals surface area contributed by atoms with Gasteiger partial charge in [-0.2, -0.15) is 10.4 Å². The maximum Gasteiger partial charge on any atom is 0.242 e. The summed E-state index contributed by atoms with van der Waals surface area (Å²) in [5.41, 5.74) is 7.41. The lowest BCUT2D eigenvalue weighted by atomic mass is 10.2. The Morgan fingerprint density at radius 1 is 1.50 bits per heavy atom. The summed E-state index contributed by atoms with van der Waals surface area (Å²) in [6.07, 6.45) is 1.55. The molecule has 0 unspecified atom stereocenters. The van der Waals surface area contributed by atoms with Gasteiger partial charge in [-0.3, -0.25) is 5.10 Å². The van der Waals surface area contributed by atoms with Crippen LogP contribution in [-0.2, 0) is 16.6 Å². The first-order valence-electron chi connectivity index (χ1n) is 5.72. The number of hydrogen-bond donors (Lipinski definition) is 3. The quantitative estimate of drug-likeness (QED) is 0.713. The Labute approximate surface area is 116 Å². The lowest BCUT2D eigenvalue weighted by Gasteiger charge is -2.08. The summed E-state index contributed by atoms with van der Waals surface area (Å²) in [6, 6.07) is 5.92. The first kappa shape index (κ1) is 14.0. The first-order chi connectivity index (χ1) is 9.44. The molecule has 104 valence electrons. The zero-order chi connectivity index (χ0) is 14.8. The summed E-state index contributed by atoms with van der Waals surface area (Å²) < 4.78 is 26.8. The lowest BCUT2D eigenvalue weighted by molar-refractivity contribution is 0.581. The van der Waals surface area contributed by atoms with Crippen molar-refractivity contribution in [3.63, 3.8) is 0 Å². The van der Waals surface area contributed by atoms with Crippen LogP contribution in [0.3, 0.4) is 0 Å². The number of aromatic amines is 1. The molecule has 1 aromatic heterocycles. The van der Waals surface area contributed by atoms with Gasteiger partial charge in [0.1, 0.15) is 6.07 Å². The highest BCUT2D eigenvalue weighted by atomic mass is 32.2. The van der Waals surface area contributed by atoms with Crippen molar-refractivity contribution < 1.29 is 8.42 Å². The van der Waals surface area contributed by atoms with Crippen LogP contribution in [0, 0.1) is 18.3 Å². The van der Waals surface area contributed by atoms with Gasteiger partial charge in [-0.05, 0) is 25.1 Å². The van der Waals surface area contributed by atoms with E-state index >= 15 is 0 Å². The van der Waals surface area contributed by atoms with Gasteiger partial charge in [-0.1, -0.05) is 0 Å². The topological polar surface area (TPSA) is 125 Å². The largest absolute Gasteiger partial charge is 0.399 e. The summed E-state index contributed by atoms with van der Waals surface area (Å²) in [7, 11) is -3.78. The number of nitriles is 1. The van der Waals surface area contributed by atoms with Gasteiger partial charge >= 0.3 is 0 Å². The molecule has 1 heterocycles. The fraction of sp³-hybridized carbons (Fsp3) is 0.167. The smallest absolute Gasteiger partial charge is 0.242 e. The molecular formula is C12H13N5O2S. The Kier molecular flexibility index (Phi) is 3.74. The van der Waals surface area contributed by atoms with E-state index in [1.165, 1.54) is 18.2 Å². The van der Waals surface area contributed by atoms with Crippen molar-refractivity contribution in [3.05, 3.63) is 41.2 Å². The molecule has 2 rings (SSSR count). The molecule has 0 aliphatic rings. The van der Waals surface area contributed by atoms with Gasteiger partial charge in [0.2, 0.25) is 10.0 Å². The van der Waals surface area contributed by atoms with E-state index in [1.807, 2.05) is 6.07 Å². The second-order valence-corrected chi connectivity index (χ2v) is 5.95. The van der Waals surface area contributed by atoms with Gasteiger partial charge in [0.15, 0.2) is 0 Å². The Bertz CT molecular complexity index is 773. The van der Waals surface area contributed by atoms with Gasteiger partial charge in [-0.15, -0.1) is 0 Å². The van der Waals surface area contributed by atoms with Crippen molar-refractivity contribution in [2.75, 3.05) is 5.73 Å². The molecule has 0 spiro atoms. The van der Waals surface area contributed by atoms with Gasteiger partial charge in [-0.25, -0.2) is 13.1 Å². The minimum absolute atomic E-state index is 0.0152. The number of nitrogens with two attached hydrogens (primary N) is 1. The van der Waals surface area contributed by atoms with Crippen LogP contribution in [-0.4, -0.2) is 18.6 Å². The van der Waals surface area contributed by atoms with Crippen LogP contribution in [0.4, 0.5) is 5.69 Å². The molecule has 20 heavy (non-hydrogen) atoms. The van der Waals surface area contributed by atoms with Crippen molar-refractivity contribution in [2.45, 2.75) is 18.4 Å². The third-order valence-electron chi connectivity index (χ3n) is 2.80. The van der Waals surface area contributed by atoms with Crippen LogP contribution in [0.5, 0.6) is 0 Å². The first-order valence-corrected chi connectivity index (χ1v) is 7.20. The maximum absolute atomic E-state index is 12.2. The van der Waals surface area contributed by atoms with E-state index in [2.05, 4.69) is 14.9 Å². The monoisotopic (exact) mass is 291 g/mol. The molecule has 0 saturated carbocycles. The van der Waals surface area contributed by atoms with E-state index in [-0.39, 0.29) is 17.0 Å². The summed E-state index contributed by atoms with van der Waals surface area (Å²) >= 11 is 0. The van der Waals surface area contributed by atoms with Gasteiger partial charge < -0.3 is 5.73 Å². The van der Waals surface area contributed by atoms with Crippen molar-refractivity contribution in [2.24, 2.45) is 0 Å². The highest BCUT2D eigenvalue weighted by molar-refractivity contribution is 7.89. The number of anilines is 1. The van der Waals surface area contributed by atoms with Gasteiger partial charge in [0.25, 0.3) is 0 Å². The van der Waals surface area contributed by atoms with E-state index in [0.717, 1.165) is 11.3 Å². The highest BCUT2D eigenvalue weighted by Gasteiger charge is 2.19. The summed E-state index contributed by atoms with van der Waals surface area (Å²) in [5, 5.41) is 15.5. The molecule has 8 heteroatoms. The number of rotatable bonds is 4. The van der Waals surface area contributed by atoms with Crippen LogP contribution in [0.25, 0.3) is 0 Å². The molecule has 2 aromatic rings. The van der Waals surface area contributed by atoms with Gasteiger partial charge in [0, 0.05) is 23.5 Å². The molecule has 0 aliphatic carbocycles. The average Bonchev–Trinajstić information content (AvgIpc) is 2.81. The Balaban J connectivity index is 2.28. The maximum atomic E-state index is 12.2. The number of benzene rings is 1. The van der Waals surface area contributed by atoms with Crippen molar-refractivity contribution >= 4 is 15.7 Å². The predicted molar refractivity (Wildman–Crippen MR) is 72.9 cm³/mol. The molecule has 0 fully saturated rings. The number of hydrogen-bond acceptors (Lipinski definition) is 5. The van der Waals surface area contributed by atoms with Crippen molar-refractivity contribution in [1.29, 1.82) is 5.26 Å². The molecule has 0 amide bonds. The molecule has 0 bridgehead atoms. The number of H-pyrrole nitrogens is 1. The molecule has 0 saturated heterocycles. The number of nitrogens with zero attached hydrogens (tertiary/aromatic N) is 2. The second kappa shape index (κ2) is 5.32. The molecule has 7 nitrogen and oxygen atoms in total. The summed E-state index contributed by atoms with van der Waals surface area (Å²) in [6.45, 7) is 1.89. The minimum atomic E-state index is -3.78. The van der Waals surface area contributed by atoms with Crippen LogP contribution in [0.15, 0.2) is 29.3 Å². The van der Waals surface area contributed by atoms with Gasteiger partial charge in [0.05, 0.1) is 16.7 Å². The van der Waals surface area contributed by atoms with E-state index in [4.69, 9.17) is 11.0 Å². The summed E-state index contributed by atoms with van der Waals surface area (Å²) in [4.78, 5) is -0.0876. The number of sulfonamides is 1. The molecule has 4 N–H and O–H groups in total. The fourth-order valence-corrected chi connectivity index (χ4v) is 2.82. The zero-order valence-electron chi connectivity index (χ0n) is 10.7. The number of aryl methyl sites for hydroxylation is 1. The van der Waals surface area contributed by atoms with Crippen LogP contribution < -0.4 is 10.5 Å². The predicted octanol–water partition coefficient (Wildman–Crippen LogP) is 0.650. The normalized spacial score (nSPS) is 11.2. The Hall–Kier alpha value is -2.37. The molecule has 0 aliphatic heterocycles. The van der Waals surface area contributed by atoms with E-state index in [9.17, 15) is 8.42 Å². The Morgan fingerprint density at radius 3 is 2.85 bits per heavy atom. The van der Waals surface area contributed by atoms with E-state index in [0.29, 0.717) is 5.69 Å². The average molecular weight is 291 g/mol. The molecule has 0 atom stereocenters. The third-order valence-corrected chi connectivity index (χ3v) is 4.26. The lowest BCUT2D eigenvalue weighted by Crippen LogP contribution is -2.24. The minimum Gasteiger partial charge on any atom is -0.399 e. The zero-order valence-corrected chi connectivity index (χ0v) is 11.5. The van der Waals surface area contributed by atoms with Crippen LogP contribution >= 0.6 is 0 Å².